The molecule has 0 radical (unpaired) electrons. The number of halogens is 9. The average molecular weight is 709 g/mol. The summed E-state index contributed by atoms with van der Waals surface area (Å²) < 4.78 is 147. The lowest BCUT2D eigenvalue weighted by Gasteiger charge is -2.10. The SMILES string of the molecule is COC(=O)c1ccc(O)c(C)n1.COC(=O)c1ccc(OCCOC(F)(F)F)c(C)n1.O=S(=O)(OCCOC(F)(F)F)C(F)(F)F. The molecule has 46 heavy (non-hydrogen) atoms. The molecular weight excluding hydrogens is 683 g/mol. The molecular formula is C23H25F9N2O11S. The van der Waals surface area contributed by atoms with Gasteiger partial charge in [-0.3, -0.25) is 13.7 Å². The molecule has 2 rings (SSSR count). The summed E-state index contributed by atoms with van der Waals surface area (Å²) in [6.45, 7) is -0.449. The van der Waals surface area contributed by atoms with Crippen LogP contribution in [-0.2, 0) is 33.2 Å². The minimum Gasteiger partial charge on any atom is -0.506 e. The first-order valence-electron chi connectivity index (χ1n) is 11.7. The normalized spacial score (nSPS) is 11.8. The van der Waals surface area contributed by atoms with Crippen molar-refractivity contribution in [2.45, 2.75) is 32.1 Å². The second-order valence-corrected chi connectivity index (χ2v) is 9.33. The summed E-state index contributed by atoms with van der Waals surface area (Å²) in [6.07, 6.45) is -9.73. The summed E-state index contributed by atoms with van der Waals surface area (Å²) in [6, 6.07) is 5.61. The molecule has 262 valence electrons. The van der Waals surface area contributed by atoms with Crippen molar-refractivity contribution < 1.29 is 90.5 Å². The molecule has 0 spiro atoms. The van der Waals surface area contributed by atoms with Crippen molar-refractivity contribution in [2.24, 2.45) is 0 Å². The van der Waals surface area contributed by atoms with Gasteiger partial charge in [-0.25, -0.2) is 19.6 Å². The third kappa shape index (κ3) is 16.9. The number of ether oxygens (including phenoxy) is 5. The number of hydrogen-bond acceptors (Lipinski definition) is 13. The number of nitrogens with zero attached hydrogens (tertiary/aromatic N) is 2. The molecule has 0 saturated heterocycles. The average Bonchev–Trinajstić information content (AvgIpc) is 2.93. The third-order valence-electron chi connectivity index (χ3n) is 4.36. The Kier molecular flexibility index (Phi) is 16.7. The summed E-state index contributed by atoms with van der Waals surface area (Å²) in [7, 11) is -3.36. The Hall–Kier alpha value is -3.96. The van der Waals surface area contributed by atoms with Crippen LogP contribution in [0, 0.1) is 13.8 Å². The number of rotatable bonds is 10. The largest absolute Gasteiger partial charge is 0.523 e. The first kappa shape index (κ1) is 42.0. The lowest BCUT2D eigenvalue weighted by molar-refractivity contribution is -0.326. The molecule has 0 saturated carbocycles. The van der Waals surface area contributed by atoms with Crippen LogP contribution in [0.4, 0.5) is 39.5 Å². The molecule has 0 fully saturated rings. The fourth-order valence-corrected chi connectivity index (χ4v) is 2.79. The number of carbonyl (C=O) groups excluding carboxylic acids is 2. The second-order valence-electron chi connectivity index (χ2n) is 7.72. The number of aromatic nitrogens is 2. The highest BCUT2D eigenvalue weighted by atomic mass is 32.2. The number of aryl methyl sites for hydroxylation is 2. The van der Waals surface area contributed by atoms with Crippen LogP contribution in [-0.4, -0.2) is 94.3 Å². The van der Waals surface area contributed by atoms with Crippen LogP contribution >= 0.6 is 0 Å². The van der Waals surface area contributed by atoms with E-state index in [-0.39, 0.29) is 29.5 Å². The topological polar surface area (TPSA) is 170 Å². The Labute approximate surface area is 254 Å². The molecule has 2 aromatic heterocycles. The number of pyridine rings is 2. The van der Waals surface area contributed by atoms with Gasteiger partial charge in [-0.1, -0.05) is 0 Å². The molecule has 2 aromatic rings. The maximum Gasteiger partial charge on any atom is 0.523 e. The summed E-state index contributed by atoms with van der Waals surface area (Å²) in [5.74, 6) is -0.755. The molecule has 0 unspecified atom stereocenters. The van der Waals surface area contributed by atoms with Gasteiger partial charge in [-0.05, 0) is 38.1 Å². The molecule has 1 N–H and O–H groups in total. The lowest BCUT2D eigenvalue weighted by atomic mass is 10.3. The first-order valence-corrected chi connectivity index (χ1v) is 13.2. The zero-order valence-electron chi connectivity index (χ0n) is 23.9. The Bertz CT molecular complexity index is 1390. The maximum atomic E-state index is 11.7. The van der Waals surface area contributed by atoms with Crippen molar-refractivity contribution in [3.8, 4) is 11.5 Å². The molecule has 0 amide bonds. The van der Waals surface area contributed by atoms with Crippen LogP contribution in [0.2, 0.25) is 0 Å². The number of esters is 2. The predicted octanol–water partition coefficient (Wildman–Crippen LogP) is 4.36. The Balaban J connectivity index is 0.000000679. The molecule has 2 heterocycles. The van der Waals surface area contributed by atoms with Crippen molar-refractivity contribution in [2.75, 3.05) is 40.6 Å². The van der Waals surface area contributed by atoms with Crippen LogP contribution < -0.4 is 4.74 Å². The van der Waals surface area contributed by atoms with Crippen molar-refractivity contribution in [3.05, 3.63) is 47.0 Å². The molecule has 0 aliphatic heterocycles. The number of methoxy groups -OCH3 is 2. The van der Waals surface area contributed by atoms with E-state index in [0.29, 0.717) is 11.4 Å². The van der Waals surface area contributed by atoms with Gasteiger partial charge in [-0.15, -0.1) is 26.3 Å². The molecule has 23 heteroatoms. The summed E-state index contributed by atoms with van der Waals surface area (Å²) in [4.78, 5) is 29.8. The first-order chi connectivity index (χ1) is 20.9. The smallest absolute Gasteiger partial charge is 0.506 e. The zero-order valence-corrected chi connectivity index (χ0v) is 24.7. The van der Waals surface area contributed by atoms with E-state index in [9.17, 15) is 57.5 Å². The second kappa shape index (κ2) is 18.3. The molecule has 0 aliphatic carbocycles. The predicted molar refractivity (Wildman–Crippen MR) is 133 cm³/mol. The van der Waals surface area contributed by atoms with Gasteiger partial charge in [0, 0.05) is 0 Å². The Morgan fingerprint density at radius 1 is 0.717 bits per heavy atom. The maximum absolute atomic E-state index is 11.7. The van der Waals surface area contributed by atoms with E-state index >= 15 is 0 Å². The molecule has 0 aliphatic rings. The number of alkyl halides is 9. The number of hydrogen-bond donors (Lipinski definition) is 1. The number of aromatic hydroxyl groups is 1. The fraction of sp³-hybridized carbons (Fsp3) is 0.478. The van der Waals surface area contributed by atoms with E-state index in [1.807, 2.05) is 0 Å². The number of carbonyl (C=O) groups is 2. The van der Waals surface area contributed by atoms with Crippen LogP contribution in [0.15, 0.2) is 24.3 Å². The van der Waals surface area contributed by atoms with Crippen molar-refractivity contribution in [3.63, 3.8) is 0 Å². The third-order valence-corrected chi connectivity index (χ3v) is 5.41. The quantitative estimate of drug-likeness (QED) is 0.122. The van der Waals surface area contributed by atoms with Gasteiger partial charge < -0.3 is 19.3 Å². The molecule has 0 bridgehead atoms. The highest BCUT2D eigenvalue weighted by molar-refractivity contribution is 7.87. The van der Waals surface area contributed by atoms with Crippen LogP contribution in [0.25, 0.3) is 0 Å². The Morgan fingerprint density at radius 3 is 1.54 bits per heavy atom. The summed E-state index contributed by atoms with van der Waals surface area (Å²) in [5, 5.41) is 9.08. The van der Waals surface area contributed by atoms with E-state index in [0.717, 1.165) is 0 Å². The highest BCUT2D eigenvalue weighted by Crippen LogP contribution is 2.25. The van der Waals surface area contributed by atoms with Crippen molar-refractivity contribution in [1.82, 2.24) is 9.97 Å². The minimum atomic E-state index is -5.86. The lowest BCUT2D eigenvalue weighted by Crippen LogP contribution is -2.27. The van der Waals surface area contributed by atoms with Crippen LogP contribution in [0.3, 0.4) is 0 Å². The monoisotopic (exact) mass is 708 g/mol. The van der Waals surface area contributed by atoms with E-state index in [4.69, 9.17) is 9.84 Å². The molecule has 0 aromatic carbocycles. The molecule has 13 nitrogen and oxygen atoms in total. The highest BCUT2D eigenvalue weighted by Gasteiger charge is 2.47. The van der Waals surface area contributed by atoms with E-state index in [1.165, 1.54) is 38.5 Å². The summed E-state index contributed by atoms with van der Waals surface area (Å²) in [5.41, 5.74) is -4.58. The van der Waals surface area contributed by atoms with E-state index < -0.39 is 60.1 Å². The van der Waals surface area contributed by atoms with Gasteiger partial charge in [0.15, 0.2) is 0 Å². The Morgan fingerprint density at radius 2 is 1.15 bits per heavy atom. The van der Waals surface area contributed by atoms with E-state index in [2.05, 4.69) is 33.1 Å². The van der Waals surface area contributed by atoms with Crippen molar-refractivity contribution in [1.29, 1.82) is 0 Å². The van der Waals surface area contributed by atoms with Gasteiger partial charge in [0.1, 0.15) is 29.5 Å². The van der Waals surface area contributed by atoms with E-state index in [1.54, 1.807) is 13.8 Å². The van der Waals surface area contributed by atoms with Gasteiger partial charge in [-0.2, -0.15) is 21.6 Å². The van der Waals surface area contributed by atoms with Gasteiger partial charge in [0.2, 0.25) is 0 Å². The van der Waals surface area contributed by atoms with Gasteiger partial charge >= 0.3 is 40.3 Å². The zero-order chi connectivity index (χ0) is 35.9. The van der Waals surface area contributed by atoms with Crippen molar-refractivity contribution >= 4 is 22.1 Å². The standard InChI is InChI=1S/C11H12F3NO4.C8H9NO3.C4H4F6O4S/c1-7-9(18-5-6-19-11(12,13)14)4-3-8(15-7)10(16)17-2;1-5-7(10)4-3-6(9-5)8(11)12-2;5-3(6,7)13-1-2-14-15(11,12)4(8,9)10/h3-4H,5-6H2,1-2H3;3-4,10H,1-2H3;1-2H2. The van der Waals surface area contributed by atoms with Crippen LogP contribution in [0.1, 0.15) is 32.4 Å². The molecule has 0 atom stereocenters. The summed E-state index contributed by atoms with van der Waals surface area (Å²) >= 11 is 0. The van der Waals surface area contributed by atoms with Crippen LogP contribution in [0.5, 0.6) is 11.5 Å². The van der Waals surface area contributed by atoms with Gasteiger partial charge in [0.05, 0.1) is 45.4 Å². The minimum absolute atomic E-state index is 0.0719. The van der Waals surface area contributed by atoms with Gasteiger partial charge in [0.25, 0.3) is 0 Å². The fourth-order valence-electron chi connectivity index (χ4n) is 2.37.